The predicted octanol–water partition coefficient (Wildman–Crippen LogP) is 6.18. The van der Waals surface area contributed by atoms with Gasteiger partial charge in [-0.3, -0.25) is 9.59 Å². The van der Waals surface area contributed by atoms with Crippen molar-refractivity contribution in [3.8, 4) is 0 Å². The zero-order chi connectivity index (χ0) is 22.3. The molecule has 1 N–H and O–H groups in total. The summed E-state index contributed by atoms with van der Waals surface area (Å²) in [4.78, 5) is 27.6. The standard InChI is InChI=1S/C22H24Cl4N2O2/c1-3-9-27-22(30)20(4-2)28(13-15-6-7-16(23)12-18(15)25)21(29)11-14-5-8-17(24)19(26)10-14/h5-8,10,12,20H,3-4,9,11,13H2,1-2H3,(H,27,30)/t20-/m0/s1. The third-order valence-corrected chi connectivity index (χ3v) is 5.96. The van der Waals surface area contributed by atoms with Gasteiger partial charge in [0.1, 0.15) is 6.04 Å². The van der Waals surface area contributed by atoms with Crippen LogP contribution in [-0.2, 0) is 22.6 Å². The summed E-state index contributed by atoms with van der Waals surface area (Å²) in [5.41, 5.74) is 1.43. The SMILES string of the molecule is CCCNC(=O)[C@H](CC)N(Cc1ccc(Cl)cc1Cl)C(=O)Cc1ccc(Cl)c(Cl)c1. The van der Waals surface area contributed by atoms with E-state index in [9.17, 15) is 9.59 Å². The van der Waals surface area contributed by atoms with E-state index >= 15 is 0 Å². The molecule has 0 aromatic heterocycles. The van der Waals surface area contributed by atoms with E-state index < -0.39 is 6.04 Å². The van der Waals surface area contributed by atoms with E-state index in [1.54, 1.807) is 41.3 Å². The van der Waals surface area contributed by atoms with Crippen LogP contribution in [-0.4, -0.2) is 29.3 Å². The third kappa shape index (κ3) is 6.78. The molecule has 0 fully saturated rings. The molecule has 2 aromatic carbocycles. The highest BCUT2D eigenvalue weighted by molar-refractivity contribution is 6.42. The minimum atomic E-state index is -0.626. The van der Waals surface area contributed by atoms with E-state index in [0.29, 0.717) is 44.2 Å². The van der Waals surface area contributed by atoms with E-state index in [-0.39, 0.29) is 24.8 Å². The molecule has 0 radical (unpaired) electrons. The lowest BCUT2D eigenvalue weighted by atomic mass is 10.1. The fraction of sp³-hybridized carbons (Fsp3) is 0.364. The Kier molecular flexibility index (Phi) is 9.76. The van der Waals surface area contributed by atoms with E-state index in [1.165, 1.54) is 0 Å². The summed E-state index contributed by atoms with van der Waals surface area (Å²) in [6.45, 7) is 4.58. The maximum atomic E-state index is 13.3. The van der Waals surface area contributed by atoms with Crippen molar-refractivity contribution in [2.45, 2.75) is 45.7 Å². The molecule has 4 nitrogen and oxygen atoms in total. The number of hydrogen-bond donors (Lipinski definition) is 1. The third-order valence-electron chi connectivity index (χ3n) is 4.63. The number of benzene rings is 2. The van der Waals surface area contributed by atoms with E-state index in [4.69, 9.17) is 46.4 Å². The van der Waals surface area contributed by atoms with Crippen molar-refractivity contribution in [3.05, 3.63) is 67.6 Å². The van der Waals surface area contributed by atoms with Gasteiger partial charge in [0, 0.05) is 23.1 Å². The minimum absolute atomic E-state index is 0.0830. The van der Waals surface area contributed by atoms with Gasteiger partial charge in [0.05, 0.1) is 16.5 Å². The predicted molar refractivity (Wildman–Crippen MR) is 125 cm³/mol. The Morgan fingerprint density at radius 2 is 1.70 bits per heavy atom. The number of carbonyl (C=O) groups is 2. The van der Waals surface area contributed by atoms with E-state index in [1.807, 2.05) is 13.8 Å². The maximum absolute atomic E-state index is 13.3. The molecule has 1 atom stereocenters. The van der Waals surface area contributed by atoms with Crippen LogP contribution in [0.15, 0.2) is 36.4 Å². The molecule has 0 aliphatic heterocycles. The van der Waals surface area contributed by atoms with Crippen LogP contribution in [0.25, 0.3) is 0 Å². The van der Waals surface area contributed by atoms with Gasteiger partial charge in [-0.25, -0.2) is 0 Å². The molecule has 8 heteroatoms. The first-order valence-electron chi connectivity index (χ1n) is 9.71. The molecular formula is C22H24Cl4N2O2. The van der Waals surface area contributed by atoms with Crippen LogP contribution in [0.3, 0.4) is 0 Å². The topological polar surface area (TPSA) is 49.4 Å². The molecule has 30 heavy (non-hydrogen) atoms. The molecule has 2 rings (SSSR count). The molecule has 0 heterocycles. The Hall–Kier alpha value is -1.46. The first-order chi connectivity index (χ1) is 14.3. The number of rotatable bonds is 9. The Morgan fingerprint density at radius 1 is 0.967 bits per heavy atom. The fourth-order valence-electron chi connectivity index (χ4n) is 3.04. The zero-order valence-electron chi connectivity index (χ0n) is 16.9. The summed E-state index contributed by atoms with van der Waals surface area (Å²) < 4.78 is 0. The Balaban J connectivity index is 2.33. The van der Waals surface area contributed by atoms with Gasteiger partial charge in [-0.15, -0.1) is 0 Å². The van der Waals surface area contributed by atoms with Gasteiger partial charge in [-0.05, 0) is 48.2 Å². The molecule has 0 aliphatic carbocycles. The van der Waals surface area contributed by atoms with Crippen molar-refractivity contribution < 1.29 is 9.59 Å². The number of amides is 2. The second kappa shape index (κ2) is 11.8. The summed E-state index contributed by atoms with van der Waals surface area (Å²) in [5.74, 6) is -0.398. The largest absolute Gasteiger partial charge is 0.354 e. The van der Waals surface area contributed by atoms with Crippen LogP contribution in [0.4, 0.5) is 0 Å². The number of nitrogens with zero attached hydrogens (tertiary/aromatic N) is 1. The molecule has 0 spiro atoms. The van der Waals surface area contributed by atoms with Crippen molar-refractivity contribution in [1.82, 2.24) is 10.2 Å². The lowest BCUT2D eigenvalue weighted by Crippen LogP contribution is -2.49. The fourth-order valence-corrected chi connectivity index (χ4v) is 3.83. The summed E-state index contributed by atoms with van der Waals surface area (Å²) in [7, 11) is 0. The molecule has 2 aromatic rings. The van der Waals surface area contributed by atoms with E-state index in [0.717, 1.165) is 6.42 Å². The quantitative estimate of drug-likeness (QED) is 0.457. The van der Waals surface area contributed by atoms with Crippen LogP contribution in [0.5, 0.6) is 0 Å². The van der Waals surface area contributed by atoms with Crippen LogP contribution >= 0.6 is 46.4 Å². The molecule has 0 unspecified atom stereocenters. The first kappa shape index (κ1) is 24.8. The molecular weight excluding hydrogens is 466 g/mol. The first-order valence-corrected chi connectivity index (χ1v) is 11.2. The molecule has 2 amide bonds. The molecule has 162 valence electrons. The van der Waals surface area contributed by atoms with Gasteiger partial charge in [-0.2, -0.15) is 0 Å². The highest BCUT2D eigenvalue weighted by Gasteiger charge is 2.29. The number of halogens is 4. The van der Waals surface area contributed by atoms with Crippen LogP contribution in [0, 0.1) is 0 Å². The molecule has 0 aliphatic rings. The van der Waals surface area contributed by atoms with Crippen LogP contribution in [0.1, 0.15) is 37.8 Å². The van der Waals surface area contributed by atoms with Gasteiger partial charge in [0.2, 0.25) is 11.8 Å². The Morgan fingerprint density at radius 3 is 2.30 bits per heavy atom. The normalized spacial score (nSPS) is 11.8. The summed E-state index contributed by atoms with van der Waals surface area (Å²) >= 11 is 24.4. The lowest BCUT2D eigenvalue weighted by molar-refractivity contribution is -0.140. The number of nitrogens with one attached hydrogen (secondary N) is 1. The van der Waals surface area contributed by atoms with Gasteiger partial charge in [-0.1, -0.05) is 72.4 Å². The van der Waals surface area contributed by atoms with Crippen molar-refractivity contribution in [1.29, 1.82) is 0 Å². The second-order valence-corrected chi connectivity index (χ2v) is 8.56. The number of carbonyl (C=O) groups excluding carboxylic acids is 2. The van der Waals surface area contributed by atoms with Crippen molar-refractivity contribution >= 4 is 58.2 Å². The lowest BCUT2D eigenvalue weighted by Gasteiger charge is -2.31. The smallest absolute Gasteiger partial charge is 0.242 e. The highest BCUT2D eigenvalue weighted by Crippen LogP contribution is 2.26. The van der Waals surface area contributed by atoms with Crippen LogP contribution in [0.2, 0.25) is 20.1 Å². The van der Waals surface area contributed by atoms with E-state index in [2.05, 4.69) is 5.32 Å². The zero-order valence-corrected chi connectivity index (χ0v) is 19.9. The van der Waals surface area contributed by atoms with Crippen LogP contribution < -0.4 is 5.32 Å². The average Bonchev–Trinajstić information content (AvgIpc) is 2.70. The Labute approximate surface area is 197 Å². The summed E-state index contributed by atoms with van der Waals surface area (Å²) in [5, 5.41) is 4.63. The van der Waals surface area contributed by atoms with Crippen molar-refractivity contribution in [2.75, 3.05) is 6.54 Å². The van der Waals surface area contributed by atoms with Gasteiger partial charge in [0.25, 0.3) is 0 Å². The molecule has 0 saturated carbocycles. The van der Waals surface area contributed by atoms with Gasteiger partial charge >= 0.3 is 0 Å². The van der Waals surface area contributed by atoms with Crippen molar-refractivity contribution in [2.24, 2.45) is 0 Å². The summed E-state index contributed by atoms with van der Waals surface area (Å²) in [6.07, 6.45) is 1.36. The number of hydrogen-bond acceptors (Lipinski definition) is 2. The van der Waals surface area contributed by atoms with Gasteiger partial charge < -0.3 is 10.2 Å². The van der Waals surface area contributed by atoms with Gasteiger partial charge in [0.15, 0.2) is 0 Å². The summed E-state index contributed by atoms with van der Waals surface area (Å²) in [6, 6.07) is 9.53. The maximum Gasteiger partial charge on any atom is 0.242 e. The monoisotopic (exact) mass is 488 g/mol. The minimum Gasteiger partial charge on any atom is -0.354 e. The Bertz CT molecular complexity index is 905. The molecule has 0 saturated heterocycles. The second-order valence-electron chi connectivity index (χ2n) is 6.90. The highest BCUT2D eigenvalue weighted by atomic mass is 35.5. The average molecular weight is 490 g/mol. The van der Waals surface area contributed by atoms with Crippen molar-refractivity contribution in [3.63, 3.8) is 0 Å². The molecule has 0 bridgehead atoms.